The summed E-state index contributed by atoms with van der Waals surface area (Å²) in [5.74, 6) is 1.69. The quantitative estimate of drug-likeness (QED) is 0.853. The van der Waals surface area contributed by atoms with E-state index in [0.29, 0.717) is 0 Å². The lowest BCUT2D eigenvalue weighted by Gasteiger charge is -2.41. The summed E-state index contributed by atoms with van der Waals surface area (Å²) in [5, 5.41) is 14.8. The van der Waals surface area contributed by atoms with Crippen LogP contribution < -0.4 is 5.32 Å². The Morgan fingerprint density at radius 2 is 1.95 bits per heavy atom. The van der Waals surface area contributed by atoms with Gasteiger partial charge in [0.15, 0.2) is 0 Å². The van der Waals surface area contributed by atoms with Crippen LogP contribution in [0.2, 0.25) is 0 Å². The highest BCUT2D eigenvalue weighted by Gasteiger charge is 2.47. The van der Waals surface area contributed by atoms with Gasteiger partial charge in [0.1, 0.15) is 0 Å². The molecule has 0 spiro atoms. The topological polar surface area (TPSA) is 32.3 Å². The van der Waals surface area contributed by atoms with Crippen LogP contribution in [0.15, 0.2) is 24.3 Å². The minimum Gasteiger partial charge on any atom is -0.388 e. The van der Waals surface area contributed by atoms with Gasteiger partial charge < -0.3 is 10.4 Å². The molecule has 3 unspecified atom stereocenters. The summed E-state index contributed by atoms with van der Waals surface area (Å²) in [6.07, 6.45) is 7.29. The second kappa shape index (κ2) is 4.32. The number of nitrogens with one attached hydrogen (secondary N) is 1. The van der Waals surface area contributed by atoms with E-state index in [4.69, 9.17) is 0 Å². The van der Waals surface area contributed by atoms with E-state index in [0.717, 1.165) is 31.2 Å². The molecule has 0 aromatic heterocycles. The zero-order chi connectivity index (χ0) is 12.9. The molecule has 1 aliphatic heterocycles. The summed E-state index contributed by atoms with van der Waals surface area (Å²) in [4.78, 5) is 0. The Morgan fingerprint density at radius 1 is 1.11 bits per heavy atom. The van der Waals surface area contributed by atoms with Crippen LogP contribution in [0.25, 0.3) is 0 Å². The van der Waals surface area contributed by atoms with E-state index in [1.165, 1.54) is 36.8 Å². The normalized spacial score (nSPS) is 38.2. The maximum atomic E-state index is 11.2. The molecule has 4 rings (SSSR count). The average Bonchev–Trinajstić information content (AvgIpc) is 3.18. The molecule has 19 heavy (non-hydrogen) atoms. The molecular weight excluding hydrogens is 234 g/mol. The Morgan fingerprint density at radius 3 is 2.79 bits per heavy atom. The van der Waals surface area contributed by atoms with Gasteiger partial charge in [0, 0.05) is 6.54 Å². The number of rotatable bonds is 2. The van der Waals surface area contributed by atoms with Crippen LogP contribution in [-0.2, 0) is 6.54 Å². The number of hydrogen-bond donors (Lipinski definition) is 2. The van der Waals surface area contributed by atoms with Crippen LogP contribution in [-0.4, -0.2) is 10.7 Å². The first-order valence-corrected chi connectivity index (χ1v) is 7.80. The summed E-state index contributed by atoms with van der Waals surface area (Å²) < 4.78 is 0. The Kier molecular flexibility index (Phi) is 2.71. The van der Waals surface area contributed by atoms with Gasteiger partial charge >= 0.3 is 0 Å². The maximum absolute atomic E-state index is 11.2. The van der Waals surface area contributed by atoms with E-state index in [2.05, 4.69) is 29.6 Å². The molecule has 2 saturated carbocycles. The fourth-order valence-electron chi connectivity index (χ4n) is 4.34. The summed E-state index contributed by atoms with van der Waals surface area (Å²) in [6, 6.07) is 8.74. The average molecular weight is 257 g/mol. The van der Waals surface area contributed by atoms with Gasteiger partial charge in [-0.15, -0.1) is 0 Å². The van der Waals surface area contributed by atoms with Crippen molar-refractivity contribution >= 4 is 0 Å². The second-order valence-corrected chi connectivity index (χ2v) is 6.81. The molecular formula is C17H23NO. The smallest absolute Gasteiger partial charge is 0.0844 e. The number of hydrogen-bond acceptors (Lipinski definition) is 2. The summed E-state index contributed by atoms with van der Waals surface area (Å²) in [5.41, 5.74) is 2.19. The third-order valence-corrected chi connectivity index (χ3v) is 5.49. The lowest BCUT2D eigenvalue weighted by atomic mass is 9.71. The van der Waals surface area contributed by atoms with Crippen molar-refractivity contribution in [2.75, 3.05) is 0 Å². The van der Waals surface area contributed by atoms with Gasteiger partial charge in [-0.05, 0) is 55.1 Å². The van der Waals surface area contributed by atoms with E-state index < -0.39 is 5.60 Å². The molecule has 1 aromatic rings. The Balaban J connectivity index is 1.60. The van der Waals surface area contributed by atoms with Crippen LogP contribution in [0, 0.1) is 11.8 Å². The molecule has 0 saturated heterocycles. The predicted molar refractivity (Wildman–Crippen MR) is 75.7 cm³/mol. The highest BCUT2D eigenvalue weighted by molar-refractivity contribution is 5.36. The molecule has 102 valence electrons. The molecule has 2 aliphatic carbocycles. The Hall–Kier alpha value is -0.860. The summed E-state index contributed by atoms with van der Waals surface area (Å²) in [7, 11) is 0. The number of benzene rings is 1. The SMILES string of the molecule is OC1(C2NCc3ccccc32)CCCC(C2CC2)C1. The first-order valence-electron chi connectivity index (χ1n) is 7.80. The van der Waals surface area contributed by atoms with Gasteiger partial charge in [-0.25, -0.2) is 0 Å². The summed E-state index contributed by atoms with van der Waals surface area (Å²) >= 11 is 0. The number of aliphatic hydroxyl groups is 1. The first kappa shape index (κ1) is 11.9. The van der Waals surface area contributed by atoms with Crippen molar-refractivity contribution in [1.82, 2.24) is 5.32 Å². The summed E-state index contributed by atoms with van der Waals surface area (Å²) in [6.45, 7) is 0.914. The molecule has 2 N–H and O–H groups in total. The van der Waals surface area contributed by atoms with Gasteiger partial charge in [0.2, 0.25) is 0 Å². The van der Waals surface area contributed by atoms with Crippen molar-refractivity contribution in [3.8, 4) is 0 Å². The van der Waals surface area contributed by atoms with Gasteiger partial charge in [-0.2, -0.15) is 0 Å². The van der Waals surface area contributed by atoms with Crippen molar-refractivity contribution in [1.29, 1.82) is 0 Å². The highest BCUT2D eigenvalue weighted by atomic mass is 16.3. The zero-order valence-electron chi connectivity index (χ0n) is 11.4. The molecule has 2 nitrogen and oxygen atoms in total. The number of fused-ring (bicyclic) bond motifs is 1. The lowest BCUT2D eigenvalue weighted by Crippen LogP contribution is -2.45. The zero-order valence-corrected chi connectivity index (χ0v) is 11.4. The Bertz CT molecular complexity index is 482. The maximum Gasteiger partial charge on any atom is 0.0844 e. The van der Waals surface area contributed by atoms with Gasteiger partial charge in [-0.3, -0.25) is 0 Å². The lowest BCUT2D eigenvalue weighted by molar-refractivity contribution is -0.0494. The van der Waals surface area contributed by atoms with Gasteiger partial charge in [0.25, 0.3) is 0 Å². The van der Waals surface area contributed by atoms with Crippen LogP contribution in [0.3, 0.4) is 0 Å². The van der Waals surface area contributed by atoms with Crippen molar-refractivity contribution in [2.45, 2.75) is 56.7 Å². The standard InChI is InChI=1S/C17H23NO/c19-17(9-3-5-13(10-17)12-7-8-12)16-15-6-2-1-4-14(15)11-18-16/h1-2,4,6,12-13,16,18-19H,3,5,7-11H2. The minimum atomic E-state index is -0.516. The van der Waals surface area contributed by atoms with E-state index in [-0.39, 0.29) is 6.04 Å². The fraction of sp³-hybridized carbons (Fsp3) is 0.647. The third-order valence-electron chi connectivity index (χ3n) is 5.49. The molecule has 1 aromatic carbocycles. The fourth-order valence-corrected chi connectivity index (χ4v) is 4.34. The van der Waals surface area contributed by atoms with Crippen molar-refractivity contribution in [3.05, 3.63) is 35.4 Å². The Labute approximate surface area is 115 Å². The van der Waals surface area contributed by atoms with Crippen LogP contribution >= 0.6 is 0 Å². The third kappa shape index (κ3) is 2.02. The molecule has 2 fully saturated rings. The molecule has 0 amide bonds. The predicted octanol–water partition coefficient (Wildman–Crippen LogP) is 3.16. The molecule has 0 radical (unpaired) electrons. The van der Waals surface area contributed by atoms with E-state index in [1.807, 2.05) is 0 Å². The minimum absolute atomic E-state index is 0.158. The van der Waals surface area contributed by atoms with E-state index in [1.54, 1.807) is 0 Å². The van der Waals surface area contributed by atoms with E-state index in [9.17, 15) is 5.11 Å². The van der Waals surface area contributed by atoms with Crippen LogP contribution in [0.1, 0.15) is 55.7 Å². The van der Waals surface area contributed by atoms with Gasteiger partial charge in [-0.1, -0.05) is 30.7 Å². The van der Waals surface area contributed by atoms with Crippen LogP contribution in [0.5, 0.6) is 0 Å². The highest BCUT2D eigenvalue weighted by Crippen LogP contribution is 2.50. The molecule has 1 heterocycles. The van der Waals surface area contributed by atoms with Gasteiger partial charge in [0.05, 0.1) is 11.6 Å². The molecule has 0 bridgehead atoms. The van der Waals surface area contributed by atoms with Crippen molar-refractivity contribution in [3.63, 3.8) is 0 Å². The first-order chi connectivity index (χ1) is 9.26. The molecule has 2 heteroatoms. The largest absolute Gasteiger partial charge is 0.388 e. The molecule has 3 atom stereocenters. The van der Waals surface area contributed by atoms with E-state index >= 15 is 0 Å². The second-order valence-electron chi connectivity index (χ2n) is 6.81. The van der Waals surface area contributed by atoms with Crippen molar-refractivity contribution < 1.29 is 5.11 Å². The molecule has 3 aliphatic rings. The monoisotopic (exact) mass is 257 g/mol. The van der Waals surface area contributed by atoms with Crippen molar-refractivity contribution in [2.24, 2.45) is 11.8 Å². The van der Waals surface area contributed by atoms with Crippen LogP contribution in [0.4, 0.5) is 0 Å².